The molecule has 2 aliphatic rings. The first-order valence-electron chi connectivity index (χ1n) is 5.65. The minimum atomic E-state index is -0.512. The standard InChI is InChI=1S/C13H18O3/c1-4-5-14-12(11-8-10(11)2)9-13(3)15-6-7-16-13/h1,11-12H,2,5-9H2,3H3/t11-,12-/m1/s1. The van der Waals surface area contributed by atoms with Crippen molar-refractivity contribution in [2.45, 2.75) is 31.7 Å². The van der Waals surface area contributed by atoms with Crippen molar-refractivity contribution in [2.24, 2.45) is 5.92 Å². The van der Waals surface area contributed by atoms with Gasteiger partial charge < -0.3 is 14.2 Å². The number of terminal acetylenes is 1. The van der Waals surface area contributed by atoms with Crippen LogP contribution >= 0.6 is 0 Å². The summed E-state index contributed by atoms with van der Waals surface area (Å²) in [6.45, 7) is 7.57. The van der Waals surface area contributed by atoms with Gasteiger partial charge in [-0.15, -0.1) is 6.42 Å². The van der Waals surface area contributed by atoms with Gasteiger partial charge in [-0.05, 0) is 13.3 Å². The summed E-state index contributed by atoms with van der Waals surface area (Å²) < 4.78 is 16.8. The summed E-state index contributed by atoms with van der Waals surface area (Å²) >= 11 is 0. The predicted octanol–water partition coefficient (Wildman–Crippen LogP) is 1.73. The van der Waals surface area contributed by atoms with Crippen molar-refractivity contribution in [1.29, 1.82) is 0 Å². The first-order chi connectivity index (χ1) is 7.64. The van der Waals surface area contributed by atoms with Gasteiger partial charge in [-0.2, -0.15) is 0 Å². The van der Waals surface area contributed by atoms with Gasteiger partial charge in [-0.25, -0.2) is 0 Å². The zero-order valence-corrected chi connectivity index (χ0v) is 9.70. The Balaban J connectivity index is 1.91. The van der Waals surface area contributed by atoms with E-state index in [2.05, 4.69) is 12.5 Å². The third-order valence-electron chi connectivity index (χ3n) is 3.15. The molecule has 0 unspecified atom stereocenters. The largest absolute Gasteiger partial charge is 0.365 e. The molecule has 0 spiro atoms. The molecule has 1 saturated heterocycles. The van der Waals surface area contributed by atoms with Crippen LogP contribution in [0.2, 0.25) is 0 Å². The van der Waals surface area contributed by atoms with Gasteiger partial charge in [0.25, 0.3) is 0 Å². The molecule has 1 aliphatic carbocycles. The molecule has 2 atom stereocenters. The van der Waals surface area contributed by atoms with Crippen LogP contribution in [0.1, 0.15) is 19.8 Å². The van der Waals surface area contributed by atoms with E-state index in [-0.39, 0.29) is 6.10 Å². The van der Waals surface area contributed by atoms with Crippen LogP contribution in [0.4, 0.5) is 0 Å². The first kappa shape index (κ1) is 11.7. The summed E-state index contributed by atoms with van der Waals surface area (Å²) in [5, 5.41) is 0. The van der Waals surface area contributed by atoms with Crippen LogP contribution in [0.15, 0.2) is 12.2 Å². The maximum Gasteiger partial charge on any atom is 0.168 e. The van der Waals surface area contributed by atoms with Gasteiger partial charge in [-0.1, -0.05) is 18.1 Å². The molecule has 0 aromatic heterocycles. The van der Waals surface area contributed by atoms with Crippen molar-refractivity contribution in [1.82, 2.24) is 0 Å². The van der Waals surface area contributed by atoms with Gasteiger partial charge in [0.15, 0.2) is 5.79 Å². The Morgan fingerprint density at radius 3 is 2.75 bits per heavy atom. The van der Waals surface area contributed by atoms with Gasteiger partial charge in [-0.3, -0.25) is 0 Å². The molecular formula is C13H18O3. The molecular weight excluding hydrogens is 204 g/mol. The molecule has 2 rings (SSSR count). The lowest BCUT2D eigenvalue weighted by atomic mass is 10.1. The highest BCUT2D eigenvalue weighted by molar-refractivity contribution is 5.21. The van der Waals surface area contributed by atoms with Crippen molar-refractivity contribution < 1.29 is 14.2 Å². The fourth-order valence-electron chi connectivity index (χ4n) is 2.13. The van der Waals surface area contributed by atoms with E-state index in [1.54, 1.807) is 0 Å². The third kappa shape index (κ3) is 2.65. The molecule has 0 bridgehead atoms. The van der Waals surface area contributed by atoms with Crippen molar-refractivity contribution in [3.05, 3.63) is 12.2 Å². The second kappa shape index (κ2) is 4.58. The molecule has 1 aliphatic heterocycles. The summed E-state index contributed by atoms with van der Waals surface area (Å²) in [5.74, 6) is 2.42. The van der Waals surface area contributed by atoms with Gasteiger partial charge in [0.05, 0.1) is 19.3 Å². The Hall–Kier alpha value is -0.820. The topological polar surface area (TPSA) is 27.7 Å². The summed E-state index contributed by atoms with van der Waals surface area (Å²) in [7, 11) is 0. The minimum Gasteiger partial charge on any atom is -0.365 e. The summed E-state index contributed by atoms with van der Waals surface area (Å²) in [6.07, 6.45) is 7.04. The Morgan fingerprint density at radius 1 is 1.62 bits per heavy atom. The Bertz CT molecular complexity index is 310. The van der Waals surface area contributed by atoms with E-state index in [1.807, 2.05) is 6.92 Å². The van der Waals surface area contributed by atoms with Crippen LogP contribution in [0, 0.1) is 18.3 Å². The molecule has 0 aromatic rings. The highest BCUT2D eigenvalue weighted by atomic mass is 16.7. The van der Waals surface area contributed by atoms with Gasteiger partial charge in [0, 0.05) is 12.3 Å². The highest BCUT2D eigenvalue weighted by Crippen LogP contribution is 2.43. The smallest absolute Gasteiger partial charge is 0.168 e. The normalized spacial score (nSPS) is 28.8. The molecule has 88 valence electrons. The van der Waals surface area contributed by atoms with Crippen LogP contribution in [0.3, 0.4) is 0 Å². The monoisotopic (exact) mass is 222 g/mol. The van der Waals surface area contributed by atoms with Crippen molar-refractivity contribution in [3.63, 3.8) is 0 Å². The molecule has 16 heavy (non-hydrogen) atoms. The Morgan fingerprint density at radius 2 is 2.25 bits per heavy atom. The molecule has 1 saturated carbocycles. The van der Waals surface area contributed by atoms with Crippen LogP contribution in [-0.4, -0.2) is 31.7 Å². The van der Waals surface area contributed by atoms with E-state index < -0.39 is 5.79 Å². The lowest BCUT2D eigenvalue weighted by molar-refractivity contribution is -0.168. The maximum absolute atomic E-state index is 5.66. The average molecular weight is 222 g/mol. The molecule has 0 N–H and O–H groups in total. The van der Waals surface area contributed by atoms with E-state index in [0.717, 1.165) is 12.8 Å². The lowest BCUT2D eigenvalue weighted by Crippen LogP contribution is -2.33. The summed E-state index contributed by atoms with van der Waals surface area (Å²) in [6, 6.07) is 0. The van der Waals surface area contributed by atoms with E-state index in [4.69, 9.17) is 20.6 Å². The van der Waals surface area contributed by atoms with Crippen LogP contribution in [0.25, 0.3) is 0 Å². The van der Waals surface area contributed by atoms with Crippen molar-refractivity contribution in [3.8, 4) is 12.3 Å². The number of hydrogen-bond donors (Lipinski definition) is 0. The second-order valence-electron chi connectivity index (χ2n) is 4.56. The quantitative estimate of drug-likeness (QED) is 0.524. The lowest BCUT2D eigenvalue weighted by Gasteiger charge is -2.27. The molecule has 0 aromatic carbocycles. The van der Waals surface area contributed by atoms with Crippen molar-refractivity contribution >= 4 is 0 Å². The Kier molecular flexibility index (Phi) is 3.34. The molecule has 1 heterocycles. The Labute approximate surface area is 96.8 Å². The molecule has 0 radical (unpaired) electrons. The predicted molar refractivity (Wildman–Crippen MR) is 60.7 cm³/mol. The maximum atomic E-state index is 5.66. The van der Waals surface area contributed by atoms with E-state index >= 15 is 0 Å². The van der Waals surface area contributed by atoms with Gasteiger partial charge in [0.2, 0.25) is 0 Å². The number of rotatable bonds is 5. The van der Waals surface area contributed by atoms with Crippen LogP contribution in [-0.2, 0) is 14.2 Å². The van der Waals surface area contributed by atoms with Gasteiger partial charge in [0.1, 0.15) is 6.61 Å². The number of hydrogen-bond acceptors (Lipinski definition) is 3. The summed E-state index contributed by atoms with van der Waals surface area (Å²) in [5.41, 5.74) is 1.24. The summed E-state index contributed by atoms with van der Waals surface area (Å²) in [4.78, 5) is 0. The van der Waals surface area contributed by atoms with E-state index in [9.17, 15) is 0 Å². The SMILES string of the molecule is C#CCO[C@H](CC1(C)OCCO1)[C@@H]1CC1=C. The minimum absolute atomic E-state index is 0.0756. The molecule has 3 nitrogen and oxygen atoms in total. The zero-order valence-electron chi connectivity index (χ0n) is 9.70. The average Bonchev–Trinajstić information content (AvgIpc) is 2.82. The van der Waals surface area contributed by atoms with Crippen molar-refractivity contribution in [2.75, 3.05) is 19.8 Å². The second-order valence-corrected chi connectivity index (χ2v) is 4.56. The highest BCUT2D eigenvalue weighted by Gasteiger charge is 2.42. The molecule has 0 amide bonds. The molecule has 3 heteroatoms. The third-order valence-corrected chi connectivity index (χ3v) is 3.15. The zero-order chi connectivity index (χ0) is 11.6. The molecule has 2 fully saturated rings. The van der Waals surface area contributed by atoms with Crippen LogP contribution < -0.4 is 0 Å². The fourth-order valence-corrected chi connectivity index (χ4v) is 2.13. The van der Waals surface area contributed by atoms with E-state index in [1.165, 1.54) is 5.57 Å². The fraction of sp³-hybridized carbons (Fsp3) is 0.692. The first-order valence-corrected chi connectivity index (χ1v) is 5.65. The van der Waals surface area contributed by atoms with Gasteiger partial charge >= 0.3 is 0 Å². The van der Waals surface area contributed by atoms with Crippen LogP contribution in [0.5, 0.6) is 0 Å². The number of ether oxygens (including phenoxy) is 3. The van der Waals surface area contributed by atoms with E-state index in [0.29, 0.717) is 25.7 Å².